The van der Waals surface area contributed by atoms with E-state index in [1.54, 1.807) is 32.4 Å². The summed E-state index contributed by atoms with van der Waals surface area (Å²) < 4.78 is 10.5. The van der Waals surface area contributed by atoms with Crippen molar-refractivity contribution in [3.63, 3.8) is 0 Å². The van der Waals surface area contributed by atoms with Crippen LogP contribution in [0.4, 0.5) is 5.69 Å². The number of nitrogens with zero attached hydrogens (tertiary/aromatic N) is 2. The first-order valence-electron chi connectivity index (χ1n) is 9.08. The molecule has 0 aromatic heterocycles. The molecule has 7 heteroatoms. The van der Waals surface area contributed by atoms with Crippen LogP contribution in [0.15, 0.2) is 18.2 Å². The molecule has 1 aliphatic carbocycles. The highest BCUT2D eigenvalue weighted by molar-refractivity contribution is 5.95. The molecule has 7 nitrogen and oxygen atoms in total. The molecular weight excluding hydrogens is 334 g/mol. The molecule has 1 atom stereocenters. The van der Waals surface area contributed by atoms with Gasteiger partial charge in [-0.1, -0.05) is 0 Å². The van der Waals surface area contributed by atoms with Gasteiger partial charge in [0.15, 0.2) is 0 Å². The van der Waals surface area contributed by atoms with Crippen LogP contribution in [-0.4, -0.2) is 68.1 Å². The summed E-state index contributed by atoms with van der Waals surface area (Å²) in [6.45, 7) is 4.72. The monoisotopic (exact) mass is 361 g/mol. The van der Waals surface area contributed by atoms with Crippen LogP contribution in [0.5, 0.6) is 11.5 Å². The van der Waals surface area contributed by atoms with Crippen molar-refractivity contribution in [3.05, 3.63) is 18.2 Å². The number of methoxy groups -OCH3 is 2. The van der Waals surface area contributed by atoms with Gasteiger partial charge in [0.1, 0.15) is 11.5 Å². The Morgan fingerprint density at radius 1 is 1.04 bits per heavy atom. The molecule has 0 unspecified atom stereocenters. The minimum Gasteiger partial charge on any atom is -0.497 e. The number of rotatable bonds is 6. The van der Waals surface area contributed by atoms with E-state index < -0.39 is 0 Å². The lowest BCUT2D eigenvalue weighted by molar-refractivity contribution is -0.135. The highest BCUT2D eigenvalue weighted by Gasteiger charge is 2.35. The number of ether oxygens (including phenoxy) is 2. The number of nitrogens with one attached hydrogen (secondary N) is 1. The second-order valence-electron chi connectivity index (χ2n) is 6.90. The molecular formula is C19H27N3O4. The van der Waals surface area contributed by atoms with Gasteiger partial charge in [0, 0.05) is 56.0 Å². The highest BCUT2D eigenvalue weighted by Crippen LogP contribution is 2.31. The zero-order chi connectivity index (χ0) is 18.7. The molecule has 1 saturated carbocycles. The van der Waals surface area contributed by atoms with E-state index >= 15 is 0 Å². The van der Waals surface area contributed by atoms with Gasteiger partial charge in [0.2, 0.25) is 11.8 Å². The smallest absolute Gasteiger partial charge is 0.241 e. The molecule has 2 aliphatic rings. The van der Waals surface area contributed by atoms with Crippen molar-refractivity contribution < 1.29 is 19.1 Å². The standard InChI is InChI=1S/C19H27N3O4/c1-13(21-6-8-22(9-7-21)19(24)14-4-5-14)18(23)20-15-10-16(25-2)12-17(11-15)26-3/h10-14H,4-9H2,1-3H3,(H,20,23)/t13-/m1/s1. The molecule has 1 N–H and O–H groups in total. The second-order valence-corrected chi connectivity index (χ2v) is 6.90. The molecule has 0 bridgehead atoms. The van der Waals surface area contributed by atoms with Gasteiger partial charge < -0.3 is 19.7 Å². The first kappa shape index (κ1) is 18.5. The maximum atomic E-state index is 12.6. The van der Waals surface area contributed by atoms with Crippen molar-refractivity contribution in [1.82, 2.24) is 9.80 Å². The Bertz CT molecular complexity index is 644. The van der Waals surface area contributed by atoms with Crippen LogP contribution in [0.1, 0.15) is 19.8 Å². The van der Waals surface area contributed by atoms with Crippen LogP contribution in [0, 0.1) is 5.92 Å². The van der Waals surface area contributed by atoms with Crippen molar-refractivity contribution in [2.45, 2.75) is 25.8 Å². The number of benzene rings is 1. The summed E-state index contributed by atoms with van der Waals surface area (Å²) in [5.74, 6) is 1.71. The number of hydrogen-bond acceptors (Lipinski definition) is 5. The molecule has 2 amide bonds. The van der Waals surface area contributed by atoms with Crippen molar-refractivity contribution in [1.29, 1.82) is 0 Å². The largest absolute Gasteiger partial charge is 0.497 e. The van der Waals surface area contributed by atoms with E-state index in [1.807, 2.05) is 11.8 Å². The molecule has 26 heavy (non-hydrogen) atoms. The Kier molecular flexibility index (Phi) is 5.66. The number of piperazine rings is 1. The van der Waals surface area contributed by atoms with Crippen molar-refractivity contribution in [2.24, 2.45) is 5.92 Å². The van der Waals surface area contributed by atoms with Crippen molar-refractivity contribution in [3.8, 4) is 11.5 Å². The number of hydrogen-bond donors (Lipinski definition) is 1. The van der Waals surface area contributed by atoms with Crippen LogP contribution >= 0.6 is 0 Å². The van der Waals surface area contributed by atoms with Gasteiger partial charge in [-0.15, -0.1) is 0 Å². The van der Waals surface area contributed by atoms with E-state index in [-0.39, 0.29) is 23.8 Å². The van der Waals surface area contributed by atoms with Gasteiger partial charge in [-0.25, -0.2) is 0 Å². The van der Waals surface area contributed by atoms with E-state index in [9.17, 15) is 9.59 Å². The average Bonchev–Trinajstić information content (AvgIpc) is 3.51. The van der Waals surface area contributed by atoms with E-state index in [2.05, 4.69) is 10.2 Å². The lowest BCUT2D eigenvalue weighted by Gasteiger charge is -2.37. The maximum absolute atomic E-state index is 12.6. The molecule has 2 fully saturated rings. The van der Waals surface area contributed by atoms with E-state index in [4.69, 9.17) is 9.47 Å². The number of anilines is 1. The predicted molar refractivity (Wildman–Crippen MR) is 98.5 cm³/mol. The van der Waals surface area contributed by atoms with E-state index in [0.29, 0.717) is 43.4 Å². The molecule has 1 aliphatic heterocycles. The van der Waals surface area contributed by atoms with E-state index in [0.717, 1.165) is 12.8 Å². The zero-order valence-corrected chi connectivity index (χ0v) is 15.7. The fourth-order valence-electron chi connectivity index (χ4n) is 3.21. The fourth-order valence-corrected chi connectivity index (χ4v) is 3.21. The summed E-state index contributed by atoms with van der Waals surface area (Å²) in [6.07, 6.45) is 2.06. The lowest BCUT2D eigenvalue weighted by Crippen LogP contribution is -2.54. The Morgan fingerprint density at radius 2 is 1.62 bits per heavy atom. The summed E-state index contributed by atoms with van der Waals surface area (Å²) >= 11 is 0. The summed E-state index contributed by atoms with van der Waals surface area (Å²) in [5, 5.41) is 2.93. The van der Waals surface area contributed by atoms with Crippen LogP contribution in [0.3, 0.4) is 0 Å². The summed E-state index contributed by atoms with van der Waals surface area (Å²) in [4.78, 5) is 28.8. The Morgan fingerprint density at radius 3 is 2.12 bits per heavy atom. The van der Waals surface area contributed by atoms with Crippen LogP contribution in [0.25, 0.3) is 0 Å². The van der Waals surface area contributed by atoms with Crippen LogP contribution < -0.4 is 14.8 Å². The molecule has 1 heterocycles. The molecule has 1 aromatic carbocycles. The SMILES string of the molecule is COc1cc(NC(=O)[C@@H](C)N2CCN(C(=O)C3CC3)CC2)cc(OC)c1. The third-order valence-electron chi connectivity index (χ3n) is 5.10. The minimum atomic E-state index is -0.273. The molecule has 1 saturated heterocycles. The molecule has 3 rings (SSSR count). The van der Waals surface area contributed by atoms with Crippen LogP contribution in [-0.2, 0) is 9.59 Å². The molecule has 142 valence electrons. The van der Waals surface area contributed by atoms with E-state index in [1.165, 1.54) is 0 Å². The third-order valence-corrected chi connectivity index (χ3v) is 5.10. The first-order valence-corrected chi connectivity index (χ1v) is 9.08. The maximum Gasteiger partial charge on any atom is 0.241 e. The Balaban J connectivity index is 1.55. The molecule has 0 spiro atoms. The summed E-state index contributed by atoms with van der Waals surface area (Å²) in [7, 11) is 3.15. The van der Waals surface area contributed by atoms with Gasteiger partial charge in [0.25, 0.3) is 0 Å². The second kappa shape index (κ2) is 7.95. The normalized spacial score (nSPS) is 19.0. The number of carbonyl (C=O) groups excluding carboxylic acids is 2. The number of carbonyl (C=O) groups is 2. The van der Waals surface area contributed by atoms with Gasteiger partial charge in [-0.3, -0.25) is 14.5 Å². The fraction of sp³-hybridized carbons (Fsp3) is 0.579. The number of amides is 2. The van der Waals surface area contributed by atoms with Gasteiger partial charge >= 0.3 is 0 Å². The van der Waals surface area contributed by atoms with Gasteiger partial charge in [0.05, 0.1) is 20.3 Å². The third kappa shape index (κ3) is 4.27. The zero-order valence-electron chi connectivity index (χ0n) is 15.7. The first-order chi connectivity index (χ1) is 12.5. The lowest BCUT2D eigenvalue weighted by atomic mass is 10.2. The average molecular weight is 361 g/mol. The quantitative estimate of drug-likeness (QED) is 0.833. The van der Waals surface area contributed by atoms with Gasteiger partial charge in [-0.2, -0.15) is 0 Å². The summed E-state index contributed by atoms with van der Waals surface area (Å²) in [6, 6.07) is 5.01. The van der Waals surface area contributed by atoms with Crippen LogP contribution in [0.2, 0.25) is 0 Å². The van der Waals surface area contributed by atoms with Crippen molar-refractivity contribution >= 4 is 17.5 Å². The predicted octanol–water partition coefficient (Wildman–Crippen LogP) is 1.58. The Labute approximate surface area is 154 Å². The van der Waals surface area contributed by atoms with Crippen molar-refractivity contribution in [2.75, 3.05) is 45.7 Å². The highest BCUT2D eigenvalue weighted by atomic mass is 16.5. The minimum absolute atomic E-state index is 0.0812. The molecule has 0 radical (unpaired) electrons. The Hall–Kier alpha value is -2.28. The summed E-state index contributed by atoms with van der Waals surface area (Å²) in [5.41, 5.74) is 0.639. The topological polar surface area (TPSA) is 71.1 Å². The van der Waals surface area contributed by atoms with Gasteiger partial charge in [-0.05, 0) is 19.8 Å². The molecule has 1 aromatic rings.